The molecule has 3 aromatic rings. The first kappa shape index (κ1) is 16.3. The molecule has 5 nitrogen and oxygen atoms in total. The topological polar surface area (TPSA) is 58.2 Å². The van der Waals surface area contributed by atoms with Gasteiger partial charge in [0.15, 0.2) is 5.76 Å². The van der Waals surface area contributed by atoms with Gasteiger partial charge in [-0.15, -0.1) is 0 Å². The smallest absolute Gasteiger partial charge is 0.246 e. The van der Waals surface area contributed by atoms with Gasteiger partial charge < -0.3 is 14.3 Å². The maximum absolute atomic E-state index is 10.3. The van der Waals surface area contributed by atoms with E-state index in [1.165, 1.54) is 0 Å². The van der Waals surface area contributed by atoms with Crippen LogP contribution in [0.25, 0.3) is 0 Å². The van der Waals surface area contributed by atoms with Gasteiger partial charge in [-0.3, -0.25) is 0 Å². The molecule has 0 aliphatic carbocycles. The molecule has 0 amide bonds. The molecule has 2 aromatic carbocycles. The molecule has 2 atom stereocenters. The summed E-state index contributed by atoms with van der Waals surface area (Å²) >= 11 is 6.23. The van der Waals surface area contributed by atoms with Crippen molar-refractivity contribution in [3.8, 4) is 11.5 Å². The molecule has 0 radical (unpaired) electrons. The van der Waals surface area contributed by atoms with E-state index < -0.39 is 6.23 Å². The quantitative estimate of drug-likeness (QED) is 0.664. The van der Waals surface area contributed by atoms with E-state index >= 15 is 0 Å². The fourth-order valence-electron chi connectivity index (χ4n) is 3.72. The van der Waals surface area contributed by atoms with Crippen LogP contribution in [0, 0.1) is 6.92 Å². The van der Waals surface area contributed by atoms with Gasteiger partial charge in [-0.1, -0.05) is 23.2 Å². The van der Waals surface area contributed by atoms with Gasteiger partial charge in [-0.25, -0.2) is 5.01 Å². The number of furan rings is 1. The molecule has 0 fully saturated rings. The fourth-order valence-corrected chi connectivity index (χ4v) is 3.90. The van der Waals surface area contributed by atoms with Crippen LogP contribution < -0.4 is 4.74 Å². The maximum atomic E-state index is 10.3. The van der Waals surface area contributed by atoms with E-state index in [9.17, 15) is 5.11 Å². The number of aromatic hydroxyl groups is 1. The summed E-state index contributed by atoms with van der Waals surface area (Å²) in [6.45, 7) is 2.00. The van der Waals surface area contributed by atoms with Crippen LogP contribution in [0.4, 0.5) is 0 Å². The van der Waals surface area contributed by atoms with Crippen LogP contribution in [0.3, 0.4) is 0 Å². The normalized spacial score (nSPS) is 20.7. The number of halogens is 1. The van der Waals surface area contributed by atoms with Gasteiger partial charge in [-0.2, -0.15) is 5.10 Å². The van der Waals surface area contributed by atoms with Crippen molar-refractivity contribution >= 4 is 17.3 Å². The number of phenolic OH excluding ortho intramolecular Hbond substituents is 1. The van der Waals surface area contributed by atoms with Crippen LogP contribution in [-0.4, -0.2) is 15.8 Å². The highest BCUT2D eigenvalue weighted by Gasteiger charge is 2.42. The lowest BCUT2D eigenvalue weighted by atomic mass is 9.95. The number of benzene rings is 2. The number of fused-ring (bicyclic) bond motifs is 3. The number of phenols is 1. The van der Waals surface area contributed by atoms with Crippen molar-refractivity contribution in [2.45, 2.75) is 25.6 Å². The van der Waals surface area contributed by atoms with Gasteiger partial charge in [0.2, 0.25) is 6.23 Å². The van der Waals surface area contributed by atoms with Gasteiger partial charge in [0.05, 0.1) is 18.0 Å². The molecule has 0 saturated heterocycles. The number of hydrazone groups is 1. The zero-order valence-electron chi connectivity index (χ0n) is 14.6. The lowest BCUT2D eigenvalue weighted by Crippen LogP contribution is -2.33. The minimum absolute atomic E-state index is 0.0440. The van der Waals surface area contributed by atoms with Crippen LogP contribution in [0.5, 0.6) is 11.5 Å². The maximum Gasteiger partial charge on any atom is 0.246 e. The lowest BCUT2D eigenvalue weighted by molar-refractivity contribution is -0.0325. The number of hydrogen-bond acceptors (Lipinski definition) is 5. The van der Waals surface area contributed by atoms with E-state index in [0.29, 0.717) is 17.2 Å². The summed E-state index contributed by atoms with van der Waals surface area (Å²) < 4.78 is 11.8. The summed E-state index contributed by atoms with van der Waals surface area (Å²) in [4.78, 5) is 0. The van der Waals surface area contributed by atoms with Crippen LogP contribution in [-0.2, 0) is 0 Å². The third kappa shape index (κ3) is 2.66. The predicted octanol–water partition coefficient (Wildman–Crippen LogP) is 5.19. The second-order valence-corrected chi connectivity index (χ2v) is 7.27. The highest BCUT2D eigenvalue weighted by Crippen LogP contribution is 2.48. The number of hydrogen-bond donors (Lipinski definition) is 1. The summed E-state index contributed by atoms with van der Waals surface area (Å²) in [5, 5.41) is 17.7. The number of nitrogens with zero attached hydrogens (tertiary/aromatic N) is 2. The van der Waals surface area contributed by atoms with E-state index in [2.05, 4.69) is 0 Å². The van der Waals surface area contributed by atoms with Gasteiger partial charge in [0.1, 0.15) is 11.5 Å². The van der Waals surface area contributed by atoms with Crippen LogP contribution in [0.15, 0.2) is 64.3 Å². The van der Waals surface area contributed by atoms with E-state index in [4.69, 9.17) is 25.9 Å². The van der Waals surface area contributed by atoms with Crippen molar-refractivity contribution in [1.82, 2.24) is 5.01 Å². The molecular formula is C21H17ClN2O3. The molecule has 0 bridgehead atoms. The molecule has 1 aromatic heterocycles. The summed E-state index contributed by atoms with van der Waals surface area (Å²) in [6.07, 6.45) is 1.80. The van der Waals surface area contributed by atoms with Crippen molar-refractivity contribution in [2.75, 3.05) is 0 Å². The Morgan fingerprint density at radius 3 is 2.89 bits per heavy atom. The molecule has 1 N–H and O–H groups in total. The summed E-state index contributed by atoms with van der Waals surface area (Å²) in [7, 11) is 0. The standard InChI is InChI=1S/C21H17ClN2O3/c1-12-4-6-18(25)14(9-12)16-11-17-15-10-13(22)5-7-19(15)27-21(24(17)23-16)20-3-2-8-26-20/h2-10,17,21,25H,11H2,1H3/t17-,21-/m1/s1. The van der Waals surface area contributed by atoms with Crippen molar-refractivity contribution in [1.29, 1.82) is 0 Å². The molecule has 0 saturated carbocycles. The van der Waals surface area contributed by atoms with E-state index in [1.807, 2.05) is 54.4 Å². The Morgan fingerprint density at radius 2 is 2.07 bits per heavy atom. The molecule has 3 heterocycles. The Balaban J connectivity index is 1.63. The Labute approximate surface area is 161 Å². The van der Waals surface area contributed by atoms with Crippen molar-refractivity contribution in [3.05, 3.63) is 82.3 Å². The lowest BCUT2D eigenvalue weighted by Gasteiger charge is -2.36. The van der Waals surface area contributed by atoms with Gasteiger partial charge >= 0.3 is 0 Å². The molecule has 5 rings (SSSR count). The summed E-state index contributed by atoms with van der Waals surface area (Å²) in [5.41, 5.74) is 3.61. The van der Waals surface area contributed by atoms with Gasteiger partial charge in [0.25, 0.3) is 0 Å². The molecule has 2 aliphatic heterocycles. The first-order valence-corrected chi connectivity index (χ1v) is 9.13. The van der Waals surface area contributed by atoms with E-state index in [-0.39, 0.29) is 11.8 Å². The van der Waals surface area contributed by atoms with Crippen LogP contribution in [0.1, 0.15) is 41.1 Å². The van der Waals surface area contributed by atoms with E-state index in [1.54, 1.807) is 12.3 Å². The van der Waals surface area contributed by atoms with Crippen molar-refractivity contribution in [2.24, 2.45) is 5.10 Å². The Morgan fingerprint density at radius 1 is 1.19 bits per heavy atom. The second-order valence-electron chi connectivity index (χ2n) is 6.84. The average molecular weight is 381 g/mol. The van der Waals surface area contributed by atoms with Crippen LogP contribution in [0.2, 0.25) is 5.02 Å². The monoisotopic (exact) mass is 380 g/mol. The number of aryl methyl sites for hydroxylation is 1. The molecule has 27 heavy (non-hydrogen) atoms. The highest BCUT2D eigenvalue weighted by atomic mass is 35.5. The number of ether oxygens (including phenoxy) is 1. The van der Waals surface area contributed by atoms with E-state index in [0.717, 1.165) is 28.2 Å². The Bertz CT molecular complexity index is 1050. The largest absolute Gasteiger partial charge is 0.507 e. The summed E-state index contributed by atoms with van der Waals surface area (Å²) in [6, 6.07) is 14.8. The highest BCUT2D eigenvalue weighted by molar-refractivity contribution is 6.30. The zero-order chi connectivity index (χ0) is 18.5. The van der Waals surface area contributed by atoms with Gasteiger partial charge in [-0.05, 0) is 49.4 Å². The number of rotatable bonds is 2. The molecule has 136 valence electrons. The third-order valence-corrected chi connectivity index (χ3v) is 5.24. The first-order chi connectivity index (χ1) is 13.1. The molecular weight excluding hydrogens is 364 g/mol. The minimum atomic E-state index is -0.469. The first-order valence-electron chi connectivity index (χ1n) is 8.75. The fraction of sp³-hybridized carbons (Fsp3) is 0.190. The van der Waals surface area contributed by atoms with Crippen LogP contribution >= 0.6 is 11.6 Å². The average Bonchev–Trinajstić information content (AvgIpc) is 3.33. The van der Waals surface area contributed by atoms with Gasteiger partial charge in [0, 0.05) is 22.6 Å². The third-order valence-electron chi connectivity index (χ3n) is 5.00. The molecule has 2 aliphatic rings. The predicted molar refractivity (Wildman–Crippen MR) is 102 cm³/mol. The minimum Gasteiger partial charge on any atom is -0.507 e. The van der Waals surface area contributed by atoms with Crippen molar-refractivity contribution in [3.63, 3.8) is 0 Å². The van der Waals surface area contributed by atoms with Crippen molar-refractivity contribution < 1.29 is 14.3 Å². The Kier molecular flexibility index (Phi) is 3.65. The second kappa shape index (κ2) is 6.06. The Hall–Kier alpha value is -2.92. The SMILES string of the molecule is Cc1ccc(O)c(C2=NN3[C@H](C2)c2cc(Cl)ccc2O[C@@H]3c2ccco2)c1. The summed E-state index contributed by atoms with van der Waals surface area (Å²) in [5.74, 6) is 1.67. The molecule has 0 unspecified atom stereocenters. The molecule has 0 spiro atoms. The zero-order valence-corrected chi connectivity index (χ0v) is 15.3. The molecule has 6 heteroatoms.